The molecule has 0 aliphatic heterocycles. The van der Waals surface area contributed by atoms with Crippen molar-refractivity contribution >= 4 is 27.3 Å². The summed E-state index contributed by atoms with van der Waals surface area (Å²) in [6, 6.07) is 21.6. The molecule has 8 nitrogen and oxygen atoms in total. The first kappa shape index (κ1) is 21.3. The van der Waals surface area contributed by atoms with Crippen molar-refractivity contribution in [2.24, 2.45) is 0 Å². The zero-order valence-electron chi connectivity index (χ0n) is 17.4. The van der Waals surface area contributed by atoms with Gasteiger partial charge in [0.1, 0.15) is 0 Å². The second-order valence-corrected chi connectivity index (χ2v) is 8.94. The number of aromatic nitrogens is 2. The third-order valence-electron chi connectivity index (χ3n) is 4.84. The monoisotopic (exact) mass is 448 g/mol. The van der Waals surface area contributed by atoms with Crippen LogP contribution in [0.1, 0.15) is 16.2 Å². The third-order valence-corrected chi connectivity index (χ3v) is 6.64. The standard InChI is InChI=1S/C23H20N4O4S/c1-16-24-22(26-31-16)20-10-6-7-11-21(20)25-23(28)17-12-14-19(15-13-17)32(29,30)27(2)18-8-4-3-5-9-18/h3-15H,1-2H3,(H,25,28). The topological polar surface area (TPSA) is 105 Å². The maximum absolute atomic E-state index is 12.9. The van der Waals surface area contributed by atoms with Gasteiger partial charge in [0.05, 0.1) is 16.3 Å². The Hall–Kier alpha value is -3.98. The Morgan fingerprint density at radius 3 is 2.25 bits per heavy atom. The van der Waals surface area contributed by atoms with Crippen molar-refractivity contribution in [3.63, 3.8) is 0 Å². The zero-order chi connectivity index (χ0) is 22.7. The minimum Gasteiger partial charge on any atom is -0.339 e. The van der Waals surface area contributed by atoms with Gasteiger partial charge in [0.2, 0.25) is 11.7 Å². The summed E-state index contributed by atoms with van der Waals surface area (Å²) >= 11 is 0. The number of para-hydroxylation sites is 2. The maximum atomic E-state index is 12.9. The largest absolute Gasteiger partial charge is 0.339 e. The van der Waals surface area contributed by atoms with Gasteiger partial charge in [-0.15, -0.1) is 0 Å². The minimum atomic E-state index is -3.76. The fourth-order valence-electron chi connectivity index (χ4n) is 3.10. The molecule has 1 N–H and O–H groups in total. The highest BCUT2D eigenvalue weighted by molar-refractivity contribution is 7.92. The second kappa shape index (κ2) is 8.64. The average molecular weight is 449 g/mol. The number of benzene rings is 3. The molecule has 4 rings (SSSR count). The number of rotatable bonds is 6. The fraction of sp³-hybridized carbons (Fsp3) is 0.0870. The van der Waals surface area contributed by atoms with Crippen LogP contribution < -0.4 is 9.62 Å². The fourth-order valence-corrected chi connectivity index (χ4v) is 4.30. The van der Waals surface area contributed by atoms with Gasteiger partial charge >= 0.3 is 0 Å². The van der Waals surface area contributed by atoms with E-state index in [1.54, 1.807) is 55.5 Å². The average Bonchev–Trinajstić information content (AvgIpc) is 3.25. The number of aryl methyl sites for hydroxylation is 1. The highest BCUT2D eigenvalue weighted by Gasteiger charge is 2.22. The Balaban J connectivity index is 1.55. The number of amides is 1. The SMILES string of the molecule is Cc1nc(-c2ccccc2NC(=O)c2ccc(S(=O)(=O)N(C)c3ccccc3)cc2)no1. The van der Waals surface area contributed by atoms with Crippen molar-refractivity contribution in [3.8, 4) is 11.4 Å². The van der Waals surface area contributed by atoms with Gasteiger partial charge in [-0.2, -0.15) is 4.98 Å². The predicted octanol–water partition coefficient (Wildman–Crippen LogP) is 4.12. The lowest BCUT2D eigenvalue weighted by atomic mass is 10.1. The number of sulfonamides is 1. The minimum absolute atomic E-state index is 0.0862. The van der Waals surface area contributed by atoms with Crippen LogP contribution in [0.25, 0.3) is 11.4 Å². The molecule has 0 atom stereocenters. The number of hydrogen-bond acceptors (Lipinski definition) is 6. The number of carbonyl (C=O) groups is 1. The van der Waals surface area contributed by atoms with E-state index >= 15 is 0 Å². The van der Waals surface area contributed by atoms with E-state index in [1.807, 2.05) is 6.07 Å². The maximum Gasteiger partial charge on any atom is 0.264 e. The first-order valence-corrected chi connectivity index (χ1v) is 11.2. The summed E-state index contributed by atoms with van der Waals surface area (Å²) in [7, 11) is -2.27. The van der Waals surface area contributed by atoms with Crippen LogP contribution in [-0.2, 0) is 10.0 Å². The van der Waals surface area contributed by atoms with Gasteiger partial charge in [0.25, 0.3) is 15.9 Å². The van der Waals surface area contributed by atoms with Crippen LogP contribution in [0.3, 0.4) is 0 Å². The lowest BCUT2D eigenvalue weighted by Crippen LogP contribution is -2.26. The van der Waals surface area contributed by atoms with Crippen LogP contribution in [0.15, 0.2) is 88.3 Å². The molecule has 1 heterocycles. The third kappa shape index (κ3) is 4.23. The lowest BCUT2D eigenvalue weighted by molar-refractivity contribution is 0.102. The van der Waals surface area contributed by atoms with Gasteiger partial charge in [-0.05, 0) is 48.5 Å². The van der Waals surface area contributed by atoms with Crippen molar-refractivity contribution in [1.29, 1.82) is 0 Å². The van der Waals surface area contributed by atoms with Gasteiger partial charge in [-0.1, -0.05) is 35.5 Å². The Morgan fingerprint density at radius 2 is 1.59 bits per heavy atom. The Bertz CT molecular complexity index is 1350. The molecule has 0 bridgehead atoms. The molecule has 0 saturated carbocycles. The van der Waals surface area contributed by atoms with Crippen molar-refractivity contribution in [1.82, 2.24) is 10.1 Å². The van der Waals surface area contributed by atoms with E-state index in [0.717, 1.165) is 0 Å². The summed E-state index contributed by atoms with van der Waals surface area (Å²) in [6.07, 6.45) is 0. The van der Waals surface area contributed by atoms with Gasteiger partial charge in [-0.3, -0.25) is 9.10 Å². The molecule has 1 aromatic heterocycles. The first-order valence-electron chi connectivity index (χ1n) is 9.71. The van der Waals surface area contributed by atoms with E-state index in [1.165, 1.54) is 35.6 Å². The normalized spacial score (nSPS) is 11.2. The molecular weight excluding hydrogens is 428 g/mol. The molecule has 162 valence electrons. The van der Waals surface area contributed by atoms with Gasteiger partial charge in [0.15, 0.2) is 0 Å². The van der Waals surface area contributed by atoms with Crippen molar-refractivity contribution < 1.29 is 17.7 Å². The molecule has 0 unspecified atom stereocenters. The molecule has 0 saturated heterocycles. The summed E-state index contributed by atoms with van der Waals surface area (Å²) < 4.78 is 32.0. The number of carbonyl (C=O) groups excluding carboxylic acids is 1. The molecule has 1 amide bonds. The second-order valence-electron chi connectivity index (χ2n) is 6.97. The van der Waals surface area contributed by atoms with Crippen molar-refractivity contribution in [2.75, 3.05) is 16.7 Å². The van der Waals surface area contributed by atoms with Gasteiger partial charge in [0, 0.05) is 25.1 Å². The van der Waals surface area contributed by atoms with Crippen LogP contribution in [0, 0.1) is 6.92 Å². The summed E-state index contributed by atoms with van der Waals surface area (Å²) in [4.78, 5) is 17.1. The highest BCUT2D eigenvalue weighted by Crippen LogP contribution is 2.26. The smallest absolute Gasteiger partial charge is 0.264 e. The molecule has 9 heteroatoms. The van der Waals surface area contributed by atoms with Crippen LogP contribution in [0.4, 0.5) is 11.4 Å². The van der Waals surface area contributed by atoms with Gasteiger partial charge in [-0.25, -0.2) is 8.42 Å². The summed E-state index contributed by atoms with van der Waals surface area (Å²) in [5, 5.41) is 6.72. The predicted molar refractivity (Wildman–Crippen MR) is 121 cm³/mol. The Labute approximate surface area is 185 Å². The molecule has 0 aliphatic rings. The number of nitrogens with one attached hydrogen (secondary N) is 1. The van der Waals surface area contributed by atoms with E-state index in [9.17, 15) is 13.2 Å². The van der Waals surface area contributed by atoms with Crippen molar-refractivity contribution in [2.45, 2.75) is 11.8 Å². The molecule has 0 fully saturated rings. The van der Waals surface area contributed by atoms with E-state index < -0.39 is 15.9 Å². The van der Waals surface area contributed by atoms with E-state index in [0.29, 0.717) is 34.2 Å². The zero-order valence-corrected chi connectivity index (χ0v) is 18.2. The summed E-state index contributed by atoms with van der Waals surface area (Å²) in [5.74, 6) is 0.389. The molecule has 0 spiro atoms. The van der Waals surface area contributed by atoms with Gasteiger partial charge < -0.3 is 9.84 Å². The van der Waals surface area contributed by atoms with E-state index in [4.69, 9.17) is 4.52 Å². The number of nitrogens with zero attached hydrogens (tertiary/aromatic N) is 3. The lowest BCUT2D eigenvalue weighted by Gasteiger charge is -2.19. The van der Waals surface area contributed by atoms with E-state index in [2.05, 4.69) is 15.5 Å². The first-order chi connectivity index (χ1) is 15.4. The van der Waals surface area contributed by atoms with Crippen LogP contribution in [-0.4, -0.2) is 31.5 Å². The number of hydrogen-bond donors (Lipinski definition) is 1. The summed E-state index contributed by atoms with van der Waals surface area (Å²) in [6.45, 7) is 1.68. The Kier molecular flexibility index (Phi) is 5.74. The molecule has 3 aromatic carbocycles. The quantitative estimate of drug-likeness (QED) is 0.476. The van der Waals surface area contributed by atoms with Crippen LogP contribution in [0.2, 0.25) is 0 Å². The molecule has 32 heavy (non-hydrogen) atoms. The van der Waals surface area contributed by atoms with Crippen molar-refractivity contribution in [3.05, 3.63) is 90.3 Å². The highest BCUT2D eigenvalue weighted by atomic mass is 32.2. The van der Waals surface area contributed by atoms with E-state index in [-0.39, 0.29) is 4.90 Å². The summed E-state index contributed by atoms with van der Waals surface area (Å²) in [5.41, 5.74) is 1.98. The molecule has 0 aliphatic carbocycles. The number of anilines is 2. The van der Waals surface area contributed by atoms with Crippen LogP contribution >= 0.6 is 0 Å². The van der Waals surface area contributed by atoms with Crippen LogP contribution in [0.5, 0.6) is 0 Å². The molecular formula is C23H20N4O4S. The molecule has 0 radical (unpaired) electrons. The molecule has 4 aromatic rings. The Morgan fingerprint density at radius 1 is 0.938 bits per heavy atom.